The number of carbonyl (C=O) groups is 1. The Kier molecular flexibility index (Phi) is 4.66. The van der Waals surface area contributed by atoms with Crippen molar-refractivity contribution >= 4 is 17.2 Å². The number of nitrogens with one attached hydrogen (secondary N) is 1. The molecular formula is C18H14F2N2OS. The zero-order valence-electron chi connectivity index (χ0n) is 12.8. The van der Waals surface area contributed by atoms with Gasteiger partial charge in [-0.3, -0.25) is 4.79 Å². The molecule has 0 aliphatic heterocycles. The summed E-state index contributed by atoms with van der Waals surface area (Å²) < 4.78 is 27.7. The van der Waals surface area contributed by atoms with Gasteiger partial charge in [-0.05, 0) is 24.6 Å². The molecule has 2 aromatic carbocycles. The maximum Gasteiger partial charge on any atom is 0.263 e. The van der Waals surface area contributed by atoms with Gasteiger partial charge >= 0.3 is 0 Å². The fourth-order valence-electron chi connectivity index (χ4n) is 2.27. The summed E-state index contributed by atoms with van der Waals surface area (Å²) in [5.74, 6) is -1.70. The van der Waals surface area contributed by atoms with Gasteiger partial charge in [0.25, 0.3) is 5.91 Å². The highest BCUT2D eigenvalue weighted by Gasteiger charge is 2.20. The third kappa shape index (κ3) is 3.33. The second-order valence-corrected chi connectivity index (χ2v) is 6.20. The van der Waals surface area contributed by atoms with Crippen molar-refractivity contribution in [3.8, 4) is 10.6 Å². The highest BCUT2D eigenvalue weighted by molar-refractivity contribution is 7.17. The molecule has 0 aliphatic carbocycles. The molecule has 1 N–H and O–H groups in total. The zero-order valence-corrected chi connectivity index (χ0v) is 13.7. The molecule has 1 heterocycles. The number of aromatic nitrogens is 1. The maximum atomic E-state index is 13.9. The largest absolute Gasteiger partial charge is 0.347 e. The van der Waals surface area contributed by atoms with Gasteiger partial charge in [0, 0.05) is 6.54 Å². The third-order valence-electron chi connectivity index (χ3n) is 3.48. The Labute approximate surface area is 142 Å². The van der Waals surface area contributed by atoms with E-state index < -0.39 is 11.6 Å². The Balaban J connectivity index is 1.82. The molecule has 1 amide bonds. The van der Waals surface area contributed by atoms with E-state index in [9.17, 15) is 13.6 Å². The van der Waals surface area contributed by atoms with Crippen molar-refractivity contribution in [2.45, 2.75) is 13.5 Å². The minimum Gasteiger partial charge on any atom is -0.347 e. The minimum atomic E-state index is -0.694. The molecule has 3 aromatic rings. The summed E-state index contributed by atoms with van der Waals surface area (Å²) in [5.41, 5.74) is 1.21. The van der Waals surface area contributed by atoms with Crippen molar-refractivity contribution in [2.24, 2.45) is 0 Å². The van der Waals surface area contributed by atoms with Crippen LogP contribution < -0.4 is 5.32 Å². The smallest absolute Gasteiger partial charge is 0.263 e. The van der Waals surface area contributed by atoms with Crippen molar-refractivity contribution in [1.82, 2.24) is 10.3 Å². The first-order valence-electron chi connectivity index (χ1n) is 7.30. The first-order chi connectivity index (χ1) is 11.6. The average Bonchev–Trinajstić information content (AvgIpc) is 2.95. The molecule has 0 fully saturated rings. The van der Waals surface area contributed by atoms with E-state index in [1.165, 1.54) is 18.2 Å². The van der Waals surface area contributed by atoms with E-state index >= 15 is 0 Å². The Morgan fingerprint density at radius 3 is 2.42 bits per heavy atom. The summed E-state index contributed by atoms with van der Waals surface area (Å²) in [6.07, 6.45) is 0. The summed E-state index contributed by atoms with van der Waals surface area (Å²) >= 11 is 0.981. The standard InChI is InChI=1S/C18H14F2N2OS/c1-11-16(17(23)21-10-12-6-3-2-4-7-12)24-18(22-11)15-13(19)8-5-9-14(15)20/h2-9H,10H2,1H3,(H,21,23). The summed E-state index contributed by atoms with van der Waals surface area (Å²) in [4.78, 5) is 16.8. The maximum absolute atomic E-state index is 13.9. The van der Waals surface area contributed by atoms with Gasteiger partial charge < -0.3 is 5.32 Å². The van der Waals surface area contributed by atoms with E-state index in [2.05, 4.69) is 10.3 Å². The minimum absolute atomic E-state index is 0.160. The topological polar surface area (TPSA) is 42.0 Å². The summed E-state index contributed by atoms with van der Waals surface area (Å²) in [5, 5.41) is 2.95. The normalized spacial score (nSPS) is 10.6. The van der Waals surface area contributed by atoms with Crippen molar-refractivity contribution in [2.75, 3.05) is 0 Å². The molecule has 0 saturated heterocycles. The molecule has 24 heavy (non-hydrogen) atoms. The fourth-order valence-corrected chi connectivity index (χ4v) is 3.31. The van der Waals surface area contributed by atoms with Crippen molar-refractivity contribution in [3.05, 3.63) is 76.3 Å². The molecule has 3 rings (SSSR count). The van der Waals surface area contributed by atoms with Crippen LogP contribution in [-0.4, -0.2) is 10.9 Å². The lowest BCUT2D eigenvalue weighted by Crippen LogP contribution is -2.22. The average molecular weight is 344 g/mol. The Bertz CT molecular complexity index is 858. The van der Waals surface area contributed by atoms with Crippen LogP contribution in [0.5, 0.6) is 0 Å². The number of hydrogen-bond acceptors (Lipinski definition) is 3. The predicted octanol–water partition coefficient (Wildman–Crippen LogP) is 4.33. The summed E-state index contributed by atoms with van der Waals surface area (Å²) in [7, 11) is 0. The highest BCUT2D eigenvalue weighted by atomic mass is 32.1. The second-order valence-electron chi connectivity index (χ2n) is 5.20. The van der Waals surface area contributed by atoms with Crippen LogP contribution in [0.2, 0.25) is 0 Å². The van der Waals surface area contributed by atoms with Crippen molar-refractivity contribution in [1.29, 1.82) is 0 Å². The summed E-state index contributed by atoms with van der Waals surface area (Å²) in [6.45, 7) is 2.02. The van der Waals surface area contributed by atoms with E-state index in [-0.39, 0.29) is 16.5 Å². The quantitative estimate of drug-likeness (QED) is 0.765. The number of hydrogen-bond donors (Lipinski definition) is 1. The van der Waals surface area contributed by atoms with E-state index in [4.69, 9.17) is 0 Å². The van der Waals surface area contributed by atoms with Crippen molar-refractivity contribution in [3.63, 3.8) is 0 Å². The Hall–Kier alpha value is -2.60. The third-order valence-corrected chi connectivity index (χ3v) is 4.65. The van der Waals surface area contributed by atoms with Gasteiger partial charge in [0.15, 0.2) is 0 Å². The molecule has 6 heteroatoms. The van der Waals surface area contributed by atoms with E-state index in [0.29, 0.717) is 17.1 Å². The SMILES string of the molecule is Cc1nc(-c2c(F)cccc2F)sc1C(=O)NCc1ccccc1. The number of halogens is 2. The lowest BCUT2D eigenvalue weighted by atomic mass is 10.2. The lowest BCUT2D eigenvalue weighted by Gasteiger charge is -2.03. The van der Waals surface area contributed by atoms with Gasteiger partial charge in [0.2, 0.25) is 0 Å². The molecular weight excluding hydrogens is 330 g/mol. The lowest BCUT2D eigenvalue weighted by molar-refractivity contribution is 0.0954. The van der Waals surface area contributed by atoms with Gasteiger partial charge in [0.1, 0.15) is 21.5 Å². The molecule has 0 unspecified atom stereocenters. The molecule has 0 atom stereocenters. The van der Waals surface area contributed by atoms with Gasteiger partial charge in [-0.1, -0.05) is 36.4 Å². The Morgan fingerprint density at radius 1 is 1.08 bits per heavy atom. The molecule has 0 saturated carbocycles. The van der Waals surface area contributed by atoms with Gasteiger partial charge in [-0.15, -0.1) is 11.3 Å². The van der Waals surface area contributed by atoms with E-state index in [0.717, 1.165) is 16.9 Å². The molecule has 0 spiro atoms. The number of rotatable bonds is 4. The van der Waals surface area contributed by atoms with Crippen LogP contribution in [0.25, 0.3) is 10.6 Å². The second kappa shape index (κ2) is 6.88. The van der Waals surface area contributed by atoms with Crippen LogP contribution >= 0.6 is 11.3 Å². The zero-order chi connectivity index (χ0) is 17.1. The van der Waals surface area contributed by atoms with Crippen LogP contribution in [0.3, 0.4) is 0 Å². The van der Waals surface area contributed by atoms with E-state index in [1.54, 1.807) is 6.92 Å². The number of aryl methyl sites for hydroxylation is 1. The summed E-state index contributed by atoms with van der Waals surface area (Å²) in [6, 6.07) is 13.1. The van der Waals surface area contributed by atoms with Crippen LogP contribution in [0.4, 0.5) is 8.78 Å². The first-order valence-corrected chi connectivity index (χ1v) is 8.12. The van der Waals surface area contributed by atoms with Crippen LogP contribution in [0.1, 0.15) is 20.9 Å². The number of carbonyl (C=O) groups excluding carboxylic acids is 1. The van der Waals surface area contributed by atoms with Gasteiger partial charge in [0.05, 0.1) is 11.3 Å². The van der Waals surface area contributed by atoms with Crippen molar-refractivity contribution < 1.29 is 13.6 Å². The number of amides is 1. The molecule has 0 radical (unpaired) electrons. The molecule has 1 aromatic heterocycles. The first kappa shape index (κ1) is 16.3. The number of nitrogens with zero attached hydrogens (tertiary/aromatic N) is 1. The van der Waals surface area contributed by atoms with Crippen LogP contribution in [0, 0.1) is 18.6 Å². The molecule has 0 aliphatic rings. The van der Waals surface area contributed by atoms with Gasteiger partial charge in [-0.2, -0.15) is 0 Å². The molecule has 3 nitrogen and oxygen atoms in total. The van der Waals surface area contributed by atoms with Gasteiger partial charge in [-0.25, -0.2) is 13.8 Å². The molecule has 0 bridgehead atoms. The van der Waals surface area contributed by atoms with E-state index in [1.807, 2.05) is 30.3 Å². The predicted molar refractivity (Wildman–Crippen MR) is 89.8 cm³/mol. The highest BCUT2D eigenvalue weighted by Crippen LogP contribution is 2.31. The van der Waals surface area contributed by atoms with Crippen LogP contribution in [0.15, 0.2) is 48.5 Å². The fraction of sp³-hybridized carbons (Fsp3) is 0.111. The van der Waals surface area contributed by atoms with Crippen LogP contribution in [-0.2, 0) is 6.54 Å². The monoisotopic (exact) mass is 344 g/mol. The molecule has 122 valence electrons. The number of benzene rings is 2. The Morgan fingerprint density at radius 2 is 1.75 bits per heavy atom. The number of thiazole rings is 1.